The molecule has 0 spiro atoms. The maximum atomic E-state index is 13.0. The zero-order valence-corrected chi connectivity index (χ0v) is 20.2. The lowest BCUT2D eigenvalue weighted by atomic mass is 10.1. The standard InChI is InChI=1S/C24H25F3N2O4S/c1-6-31-22(30)23(4,5)33-17-9-7-16(8-10-17)32-15(3)20-14(2)13-18(34-20)21-28-12-11-19(29-21)24(25,26)27/h7-13,15H,6H2,1-5H3. The van der Waals surface area contributed by atoms with Gasteiger partial charge in [0.2, 0.25) is 0 Å². The van der Waals surface area contributed by atoms with Gasteiger partial charge >= 0.3 is 12.1 Å². The van der Waals surface area contributed by atoms with E-state index < -0.39 is 23.4 Å². The molecule has 1 aromatic carbocycles. The number of hydrogen-bond donors (Lipinski definition) is 0. The van der Waals surface area contributed by atoms with Gasteiger partial charge in [-0.25, -0.2) is 14.8 Å². The van der Waals surface area contributed by atoms with Crippen molar-refractivity contribution in [3.8, 4) is 22.2 Å². The number of aryl methyl sites for hydroxylation is 1. The van der Waals surface area contributed by atoms with Gasteiger partial charge in [0.25, 0.3) is 0 Å². The maximum absolute atomic E-state index is 13.0. The monoisotopic (exact) mass is 494 g/mol. The van der Waals surface area contributed by atoms with Gasteiger partial charge in [-0.1, -0.05) is 0 Å². The molecule has 0 radical (unpaired) electrons. The van der Waals surface area contributed by atoms with Crippen LogP contribution in [0.15, 0.2) is 42.6 Å². The molecule has 2 heterocycles. The number of aromatic nitrogens is 2. The van der Waals surface area contributed by atoms with Gasteiger partial charge in [0.15, 0.2) is 11.4 Å². The van der Waals surface area contributed by atoms with Gasteiger partial charge in [0.05, 0.1) is 11.5 Å². The summed E-state index contributed by atoms with van der Waals surface area (Å²) in [5.74, 6) is 0.609. The minimum absolute atomic E-state index is 0.0205. The minimum atomic E-state index is -4.54. The van der Waals surface area contributed by atoms with Crippen molar-refractivity contribution in [2.45, 2.75) is 52.5 Å². The van der Waals surface area contributed by atoms with Crippen LogP contribution in [-0.2, 0) is 15.7 Å². The molecule has 1 atom stereocenters. The number of alkyl halides is 3. The minimum Gasteiger partial charge on any atom is -0.485 e. The Bertz CT molecular complexity index is 1140. The van der Waals surface area contributed by atoms with Gasteiger partial charge < -0.3 is 14.2 Å². The summed E-state index contributed by atoms with van der Waals surface area (Å²) in [6, 6.07) is 9.40. The summed E-state index contributed by atoms with van der Waals surface area (Å²) < 4.78 is 55.8. The van der Waals surface area contributed by atoms with Crippen molar-refractivity contribution in [3.05, 3.63) is 58.7 Å². The molecular weight excluding hydrogens is 469 g/mol. The van der Waals surface area contributed by atoms with Gasteiger partial charge in [-0.3, -0.25) is 0 Å². The van der Waals surface area contributed by atoms with E-state index in [1.807, 2.05) is 13.8 Å². The van der Waals surface area contributed by atoms with Crippen molar-refractivity contribution in [1.29, 1.82) is 0 Å². The molecule has 1 unspecified atom stereocenters. The fourth-order valence-corrected chi connectivity index (χ4v) is 4.23. The van der Waals surface area contributed by atoms with Gasteiger partial charge in [0, 0.05) is 11.1 Å². The van der Waals surface area contributed by atoms with Crippen LogP contribution in [0.5, 0.6) is 11.5 Å². The molecule has 0 N–H and O–H groups in total. The SMILES string of the molecule is CCOC(=O)C(C)(C)Oc1ccc(OC(C)c2sc(-c3nccc(C(F)(F)F)n3)cc2C)cc1. The molecule has 0 aliphatic heterocycles. The maximum Gasteiger partial charge on any atom is 0.433 e. The third kappa shape index (κ3) is 6.05. The zero-order valence-electron chi connectivity index (χ0n) is 19.4. The van der Waals surface area contributed by atoms with E-state index in [0.717, 1.165) is 22.7 Å². The highest BCUT2D eigenvalue weighted by Gasteiger charge is 2.33. The number of ether oxygens (including phenoxy) is 3. The van der Waals surface area contributed by atoms with Crippen LogP contribution in [0, 0.1) is 6.92 Å². The summed E-state index contributed by atoms with van der Waals surface area (Å²) in [5.41, 5.74) is -1.26. The number of halogens is 3. The fraction of sp³-hybridized carbons (Fsp3) is 0.375. The number of esters is 1. The summed E-state index contributed by atoms with van der Waals surface area (Å²) in [6.45, 7) is 8.96. The van der Waals surface area contributed by atoms with Crippen LogP contribution in [-0.4, -0.2) is 28.1 Å². The van der Waals surface area contributed by atoms with Crippen LogP contribution in [0.2, 0.25) is 0 Å². The van der Waals surface area contributed by atoms with E-state index in [-0.39, 0.29) is 18.5 Å². The first-order valence-corrected chi connectivity index (χ1v) is 11.4. The van der Waals surface area contributed by atoms with E-state index >= 15 is 0 Å². The van der Waals surface area contributed by atoms with Gasteiger partial charge in [-0.2, -0.15) is 13.2 Å². The summed E-state index contributed by atoms with van der Waals surface area (Å²) in [7, 11) is 0. The van der Waals surface area contributed by atoms with Crippen LogP contribution in [0.3, 0.4) is 0 Å². The number of carbonyl (C=O) groups excluding carboxylic acids is 1. The molecule has 6 nitrogen and oxygen atoms in total. The van der Waals surface area contributed by atoms with Crippen molar-refractivity contribution in [1.82, 2.24) is 9.97 Å². The third-order valence-electron chi connectivity index (χ3n) is 4.77. The molecule has 0 fully saturated rings. The Hall–Kier alpha value is -3.14. The molecule has 0 saturated heterocycles. The molecule has 3 aromatic rings. The number of carbonyl (C=O) groups is 1. The van der Waals surface area contributed by atoms with Crippen molar-refractivity contribution in [2.75, 3.05) is 6.61 Å². The van der Waals surface area contributed by atoms with Crippen LogP contribution >= 0.6 is 11.3 Å². The highest BCUT2D eigenvalue weighted by Crippen LogP contribution is 2.36. The molecule has 0 aliphatic carbocycles. The highest BCUT2D eigenvalue weighted by atomic mass is 32.1. The Morgan fingerprint density at radius 1 is 1.12 bits per heavy atom. The lowest BCUT2D eigenvalue weighted by Crippen LogP contribution is -2.39. The van der Waals surface area contributed by atoms with Crippen LogP contribution in [0.25, 0.3) is 10.7 Å². The van der Waals surface area contributed by atoms with Crippen molar-refractivity contribution >= 4 is 17.3 Å². The zero-order chi connectivity index (χ0) is 25.1. The average molecular weight is 495 g/mol. The van der Waals surface area contributed by atoms with E-state index in [1.54, 1.807) is 51.1 Å². The second kappa shape index (κ2) is 10.0. The topological polar surface area (TPSA) is 70.5 Å². The lowest BCUT2D eigenvalue weighted by Gasteiger charge is -2.24. The number of benzene rings is 1. The third-order valence-corrected chi connectivity index (χ3v) is 6.16. The van der Waals surface area contributed by atoms with Crippen molar-refractivity contribution in [2.24, 2.45) is 0 Å². The number of rotatable bonds is 8. The van der Waals surface area contributed by atoms with E-state index in [4.69, 9.17) is 14.2 Å². The van der Waals surface area contributed by atoms with E-state index in [0.29, 0.717) is 16.4 Å². The molecule has 182 valence electrons. The number of hydrogen-bond acceptors (Lipinski definition) is 7. The van der Waals surface area contributed by atoms with Crippen molar-refractivity contribution < 1.29 is 32.2 Å². The molecule has 0 bridgehead atoms. The number of nitrogens with zero attached hydrogens (tertiary/aromatic N) is 2. The largest absolute Gasteiger partial charge is 0.485 e. The first-order chi connectivity index (χ1) is 15.9. The molecule has 3 rings (SSSR count). The van der Waals surface area contributed by atoms with Crippen molar-refractivity contribution in [3.63, 3.8) is 0 Å². The molecule has 0 amide bonds. The molecule has 34 heavy (non-hydrogen) atoms. The van der Waals surface area contributed by atoms with E-state index in [1.165, 1.54) is 11.3 Å². The smallest absolute Gasteiger partial charge is 0.433 e. The second-order valence-electron chi connectivity index (χ2n) is 7.99. The first kappa shape index (κ1) is 25.5. The average Bonchev–Trinajstić information content (AvgIpc) is 3.16. The second-order valence-corrected chi connectivity index (χ2v) is 9.07. The molecular formula is C24H25F3N2O4S. The molecule has 0 aliphatic rings. The predicted molar refractivity (Wildman–Crippen MR) is 122 cm³/mol. The van der Waals surface area contributed by atoms with Gasteiger partial charge in [-0.15, -0.1) is 11.3 Å². The Balaban J connectivity index is 1.71. The highest BCUT2D eigenvalue weighted by molar-refractivity contribution is 7.15. The summed E-state index contributed by atoms with van der Waals surface area (Å²) in [4.78, 5) is 21.0. The summed E-state index contributed by atoms with van der Waals surface area (Å²) in [5, 5.41) is 0. The molecule has 0 saturated carbocycles. The fourth-order valence-electron chi connectivity index (χ4n) is 3.13. The van der Waals surface area contributed by atoms with E-state index in [9.17, 15) is 18.0 Å². The Kier molecular flexibility index (Phi) is 7.50. The Labute approximate surface area is 199 Å². The molecule has 10 heteroatoms. The van der Waals surface area contributed by atoms with Crippen LogP contribution < -0.4 is 9.47 Å². The quantitative estimate of drug-likeness (QED) is 0.338. The first-order valence-electron chi connectivity index (χ1n) is 10.5. The summed E-state index contributed by atoms with van der Waals surface area (Å²) >= 11 is 1.28. The van der Waals surface area contributed by atoms with Crippen LogP contribution in [0.1, 0.15) is 49.9 Å². The van der Waals surface area contributed by atoms with Gasteiger partial charge in [-0.05, 0) is 76.6 Å². The van der Waals surface area contributed by atoms with Gasteiger partial charge in [0.1, 0.15) is 23.3 Å². The number of thiophene rings is 1. The normalized spacial score (nSPS) is 12.8. The van der Waals surface area contributed by atoms with Crippen LogP contribution in [0.4, 0.5) is 13.2 Å². The Morgan fingerprint density at radius 2 is 1.76 bits per heavy atom. The molecule has 2 aromatic heterocycles. The predicted octanol–water partition coefficient (Wildman–Crippen LogP) is 6.39. The Morgan fingerprint density at radius 3 is 2.38 bits per heavy atom. The summed E-state index contributed by atoms with van der Waals surface area (Å²) in [6.07, 6.45) is -3.80. The van der Waals surface area contributed by atoms with E-state index in [2.05, 4.69) is 9.97 Å². The lowest BCUT2D eigenvalue weighted by molar-refractivity contribution is -0.158.